The van der Waals surface area contributed by atoms with Crippen LogP contribution in [-0.2, 0) is 14.3 Å². The minimum atomic E-state index is -1.29. The lowest BCUT2D eigenvalue weighted by Crippen LogP contribution is -2.60. The lowest BCUT2D eigenvalue weighted by atomic mass is 9.91. The van der Waals surface area contributed by atoms with Crippen LogP contribution >= 0.6 is 0 Å². The second kappa shape index (κ2) is 10.8. The number of carbonyl (C=O) groups excluding carboxylic acids is 3. The first-order chi connectivity index (χ1) is 15.3. The predicted molar refractivity (Wildman–Crippen MR) is 133 cm³/mol. The zero-order valence-electron chi connectivity index (χ0n) is 22.6. The second-order valence-electron chi connectivity index (χ2n) is 11.8. The first kappa shape index (κ1) is 29.4. The van der Waals surface area contributed by atoms with Gasteiger partial charge in [-0.2, -0.15) is 0 Å². The van der Waals surface area contributed by atoms with E-state index >= 15 is 0 Å². The summed E-state index contributed by atoms with van der Waals surface area (Å²) in [6, 6.07) is 3.43. The second-order valence-corrected chi connectivity index (χ2v) is 11.8. The summed E-state index contributed by atoms with van der Waals surface area (Å²) >= 11 is 0. The van der Waals surface area contributed by atoms with E-state index in [2.05, 4.69) is 10.6 Å². The van der Waals surface area contributed by atoms with Crippen molar-refractivity contribution in [2.75, 3.05) is 6.61 Å². The molecule has 3 amide bonds. The van der Waals surface area contributed by atoms with Crippen molar-refractivity contribution in [2.24, 2.45) is 0 Å². The van der Waals surface area contributed by atoms with Crippen molar-refractivity contribution in [2.45, 2.75) is 105 Å². The molecule has 2 unspecified atom stereocenters. The lowest BCUT2D eigenvalue weighted by Gasteiger charge is -2.44. The quantitative estimate of drug-likeness (QED) is 0.578. The number of nitrogens with one attached hydrogen (secondary N) is 2. The average Bonchev–Trinajstić information content (AvgIpc) is 2.60. The van der Waals surface area contributed by atoms with Crippen LogP contribution in [0.2, 0.25) is 0 Å². The molecule has 192 valence electrons. The number of aliphatic hydroxyl groups excluding tert-OH is 1. The van der Waals surface area contributed by atoms with Crippen LogP contribution < -0.4 is 10.6 Å². The van der Waals surface area contributed by atoms with Crippen molar-refractivity contribution >= 4 is 17.9 Å². The average molecular weight is 478 g/mol. The van der Waals surface area contributed by atoms with E-state index in [9.17, 15) is 19.5 Å². The van der Waals surface area contributed by atoms with Crippen molar-refractivity contribution in [1.29, 1.82) is 0 Å². The van der Waals surface area contributed by atoms with Crippen LogP contribution in [0.5, 0.6) is 0 Å². The molecule has 0 saturated heterocycles. The van der Waals surface area contributed by atoms with E-state index in [0.717, 1.165) is 11.1 Å². The van der Waals surface area contributed by atoms with E-state index in [1.807, 2.05) is 73.6 Å². The van der Waals surface area contributed by atoms with E-state index in [1.165, 1.54) is 4.90 Å². The molecule has 1 rings (SSSR count). The van der Waals surface area contributed by atoms with Gasteiger partial charge in [0.1, 0.15) is 17.7 Å². The number of aliphatic hydroxyl groups is 1. The van der Waals surface area contributed by atoms with Crippen LogP contribution in [0.4, 0.5) is 4.79 Å². The van der Waals surface area contributed by atoms with Gasteiger partial charge in [-0.05, 0) is 87.3 Å². The Morgan fingerprint density at radius 2 is 1.56 bits per heavy atom. The van der Waals surface area contributed by atoms with Crippen LogP contribution in [0.1, 0.15) is 85.0 Å². The molecule has 0 fully saturated rings. The molecule has 0 aliphatic heterocycles. The molecule has 0 saturated carbocycles. The number of rotatable bonds is 6. The minimum absolute atomic E-state index is 0.350. The molecule has 0 aromatic heterocycles. The summed E-state index contributed by atoms with van der Waals surface area (Å²) in [5.41, 5.74) is 0.430. The fraction of sp³-hybridized carbons (Fsp3) is 0.654. The standard InChI is InChI=1S/C26H43N3O5/c1-16-12-13-18(17(2)14-16)20(21(31)28-24(3,4)5)29(25(6,7)8)22(32)19(15-30)27-23(33)34-26(9,10)11/h12-14,19-20,30H,15H2,1-11H3,(H,27,33)(H,28,31). The number of carbonyl (C=O) groups is 3. The topological polar surface area (TPSA) is 108 Å². The minimum Gasteiger partial charge on any atom is -0.444 e. The normalized spacial score (nSPS) is 14.1. The number of ether oxygens (including phenoxy) is 1. The number of nitrogens with zero attached hydrogens (tertiary/aromatic N) is 1. The van der Waals surface area contributed by atoms with Crippen LogP contribution in [0.3, 0.4) is 0 Å². The predicted octanol–water partition coefficient (Wildman–Crippen LogP) is 3.77. The zero-order valence-corrected chi connectivity index (χ0v) is 22.6. The fourth-order valence-corrected chi connectivity index (χ4v) is 3.62. The molecule has 0 heterocycles. The van der Waals surface area contributed by atoms with Gasteiger partial charge in [-0.25, -0.2) is 4.79 Å². The molecule has 0 spiro atoms. The largest absolute Gasteiger partial charge is 0.444 e. The summed E-state index contributed by atoms with van der Waals surface area (Å²) in [6.07, 6.45) is -0.823. The van der Waals surface area contributed by atoms with Crippen LogP contribution in [0, 0.1) is 13.8 Å². The molecule has 34 heavy (non-hydrogen) atoms. The Labute approximate surface area is 204 Å². The van der Waals surface area contributed by atoms with Gasteiger partial charge in [0.2, 0.25) is 11.8 Å². The Morgan fingerprint density at radius 1 is 1.00 bits per heavy atom. The van der Waals surface area contributed by atoms with Crippen molar-refractivity contribution in [1.82, 2.24) is 15.5 Å². The Bertz CT molecular complexity index is 891. The molecular formula is C26H43N3O5. The smallest absolute Gasteiger partial charge is 0.408 e. The summed E-state index contributed by atoms with van der Waals surface area (Å²) in [6.45, 7) is 19.4. The summed E-state index contributed by atoms with van der Waals surface area (Å²) in [4.78, 5) is 41.2. The summed E-state index contributed by atoms with van der Waals surface area (Å²) in [7, 11) is 0. The van der Waals surface area contributed by atoms with Gasteiger partial charge in [0.15, 0.2) is 0 Å². The summed E-state index contributed by atoms with van der Waals surface area (Å²) in [5.74, 6) is -0.938. The molecular weight excluding hydrogens is 434 g/mol. The molecule has 3 N–H and O–H groups in total. The highest BCUT2D eigenvalue weighted by Crippen LogP contribution is 2.32. The third-order valence-electron chi connectivity index (χ3n) is 4.86. The highest BCUT2D eigenvalue weighted by molar-refractivity contribution is 5.93. The first-order valence-electron chi connectivity index (χ1n) is 11.6. The van der Waals surface area contributed by atoms with Crippen LogP contribution in [-0.4, -0.2) is 57.2 Å². The van der Waals surface area contributed by atoms with Gasteiger partial charge >= 0.3 is 6.09 Å². The van der Waals surface area contributed by atoms with Crippen LogP contribution in [0.25, 0.3) is 0 Å². The molecule has 0 bridgehead atoms. The van der Waals surface area contributed by atoms with Gasteiger partial charge in [-0.3, -0.25) is 9.59 Å². The molecule has 1 aromatic rings. The SMILES string of the molecule is Cc1ccc(C(C(=O)NC(C)(C)C)N(C(=O)C(CO)NC(=O)OC(C)(C)C)C(C)(C)C)c(C)c1. The van der Waals surface area contributed by atoms with Gasteiger partial charge < -0.3 is 25.4 Å². The van der Waals surface area contributed by atoms with Gasteiger partial charge in [0.25, 0.3) is 0 Å². The fourth-order valence-electron chi connectivity index (χ4n) is 3.62. The monoisotopic (exact) mass is 477 g/mol. The Morgan fingerprint density at radius 3 is 1.97 bits per heavy atom. The number of benzene rings is 1. The molecule has 8 heteroatoms. The first-order valence-corrected chi connectivity index (χ1v) is 11.6. The number of hydrogen-bond acceptors (Lipinski definition) is 5. The lowest BCUT2D eigenvalue weighted by molar-refractivity contribution is -0.149. The summed E-state index contributed by atoms with van der Waals surface area (Å²) < 4.78 is 5.27. The van der Waals surface area contributed by atoms with E-state index < -0.39 is 47.4 Å². The summed E-state index contributed by atoms with van der Waals surface area (Å²) in [5, 5.41) is 15.5. The van der Waals surface area contributed by atoms with Crippen molar-refractivity contribution in [3.05, 3.63) is 34.9 Å². The van der Waals surface area contributed by atoms with Crippen molar-refractivity contribution in [3.63, 3.8) is 0 Å². The number of alkyl carbamates (subject to hydrolysis) is 1. The molecule has 0 aliphatic carbocycles. The van der Waals surface area contributed by atoms with Crippen molar-refractivity contribution < 1.29 is 24.2 Å². The molecule has 0 aliphatic rings. The van der Waals surface area contributed by atoms with Gasteiger partial charge in [-0.15, -0.1) is 0 Å². The third kappa shape index (κ3) is 8.63. The number of aryl methyl sites for hydroxylation is 2. The van der Waals surface area contributed by atoms with E-state index in [-0.39, 0.29) is 5.91 Å². The Balaban J connectivity index is 3.58. The zero-order chi connectivity index (χ0) is 26.6. The third-order valence-corrected chi connectivity index (χ3v) is 4.86. The Kier molecular flexibility index (Phi) is 9.31. The maximum atomic E-state index is 13.8. The maximum Gasteiger partial charge on any atom is 0.408 e. The highest BCUT2D eigenvalue weighted by Gasteiger charge is 2.42. The molecule has 8 nitrogen and oxygen atoms in total. The molecule has 0 radical (unpaired) electrons. The van der Waals surface area contributed by atoms with E-state index in [0.29, 0.717) is 5.56 Å². The van der Waals surface area contributed by atoms with Gasteiger partial charge in [0.05, 0.1) is 6.61 Å². The van der Waals surface area contributed by atoms with Crippen LogP contribution in [0.15, 0.2) is 18.2 Å². The molecule has 2 atom stereocenters. The molecule has 1 aromatic carbocycles. The maximum absolute atomic E-state index is 13.8. The van der Waals surface area contributed by atoms with Gasteiger partial charge in [0, 0.05) is 11.1 Å². The van der Waals surface area contributed by atoms with Crippen molar-refractivity contribution in [3.8, 4) is 0 Å². The number of hydrogen-bond donors (Lipinski definition) is 3. The number of amides is 3. The van der Waals surface area contributed by atoms with E-state index in [4.69, 9.17) is 4.74 Å². The highest BCUT2D eigenvalue weighted by atomic mass is 16.6. The Hall–Kier alpha value is -2.61. The van der Waals surface area contributed by atoms with Gasteiger partial charge in [-0.1, -0.05) is 23.8 Å². The van der Waals surface area contributed by atoms with E-state index in [1.54, 1.807) is 20.8 Å².